The molecule has 0 fully saturated rings. The number of carboxylic acid groups (broad SMARTS) is 1. The lowest BCUT2D eigenvalue weighted by Gasteiger charge is -2.23. The van der Waals surface area contributed by atoms with Crippen molar-refractivity contribution in [1.29, 1.82) is 0 Å². The molecule has 1 N–H and O–H groups in total. The Morgan fingerprint density at radius 2 is 1.64 bits per heavy atom. The summed E-state index contributed by atoms with van der Waals surface area (Å²) in [6.45, 7) is 0.0670. The standard InChI is InChI=1S/C21H17BrN2O4/c22-16-8-10-17(11-9-16)24(13-15-5-2-1-3-6-15)19(25)14-23-12-4-7-18(20(23)26)21(27)28/h1-12H,13-14H2,(H,27,28). The van der Waals surface area contributed by atoms with Gasteiger partial charge in [0.15, 0.2) is 0 Å². The molecule has 0 spiro atoms. The molecule has 1 amide bonds. The molecule has 1 heterocycles. The van der Waals surface area contributed by atoms with Crippen LogP contribution in [0.3, 0.4) is 0 Å². The van der Waals surface area contributed by atoms with E-state index in [1.165, 1.54) is 18.3 Å². The van der Waals surface area contributed by atoms with Gasteiger partial charge in [-0.15, -0.1) is 0 Å². The number of aromatic carboxylic acids is 1. The Morgan fingerprint density at radius 3 is 2.29 bits per heavy atom. The first-order chi connectivity index (χ1) is 13.5. The van der Waals surface area contributed by atoms with E-state index in [2.05, 4.69) is 15.9 Å². The number of halogens is 1. The van der Waals surface area contributed by atoms with E-state index in [1.807, 2.05) is 42.5 Å². The molecular weight excluding hydrogens is 424 g/mol. The first-order valence-electron chi connectivity index (χ1n) is 8.48. The second-order valence-electron chi connectivity index (χ2n) is 6.10. The van der Waals surface area contributed by atoms with E-state index in [1.54, 1.807) is 17.0 Å². The number of benzene rings is 2. The summed E-state index contributed by atoms with van der Waals surface area (Å²) in [6, 6.07) is 19.4. The van der Waals surface area contributed by atoms with Gasteiger partial charge in [0.05, 0.1) is 6.54 Å². The fourth-order valence-electron chi connectivity index (χ4n) is 2.77. The molecule has 0 aliphatic rings. The van der Waals surface area contributed by atoms with E-state index in [0.29, 0.717) is 12.2 Å². The Morgan fingerprint density at radius 1 is 0.964 bits per heavy atom. The van der Waals surface area contributed by atoms with Gasteiger partial charge in [-0.05, 0) is 42.0 Å². The van der Waals surface area contributed by atoms with E-state index in [-0.39, 0.29) is 18.0 Å². The fourth-order valence-corrected chi connectivity index (χ4v) is 3.03. The molecule has 6 nitrogen and oxygen atoms in total. The maximum atomic E-state index is 13.0. The molecule has 0 unspecified atom stereocenters. The normalized spacial score (nSPS) is 10.5. The van der Waals surface area contributed by atoms with Crippen LogP contribution in [0.1, 0.15) is 15.9 Å². The van der Waals surface area contributed by atoms with Crippen LogP contribution in [0.2, 0.25) is 0 Å². The average Bonchev–Trinajstić information content (AvgIpc) is 2.69. The zero-order valence-corrected chi connectivity index (χ0v) is 16.4. The van der Waals surface area contributed by atoms with Crippen molar-refractivity contribution < 1.29 is 14.7 Å². The highest BCUT2D eigenvalue weighted by Gasteiger charge is 2.19. The maximum Gasteiger partial charge on any atom is 0.341 e. The highest BCUT2D eigenvalue weighted by molar-refractivity contribution is 9.10. The minimum absolute atomic E-state index is 0.261. The number of rotatable bonds is 6. The first-order valence-corrected chi connectivity index (χ1v) is 9.27. The van der Waals surface area contributed by atoms with Gasteiger partial charge in [0.1, 0.15) is 12.1 Å². The van der Waals surface area contributed by atoms with Crippen molar-refractivity contribution in [1.82, 2.24) is 4.57 Å². The van der Waals surface area contributed by atoms with Gasteiger partial charge in [0.25, 0.3) is 5.56 Å². The Labute approximate surface area is 169 Å². The molecule has 1 aromatic heterocycles. The summed E-state index contributed by atoms with van der Waals surface area (Å²) in [5.41, 5.74) is 0.539. The van der Waals surface area contributed by atoms with Crippen LogP contribution in [0.4, 0.5) is 5.69 Å². The molecule has 0 aliphatic carbocycles. The van der Waals surface area contributed by atoms with Crippen LogP contribution in [0.5, 0.6) is 0 Å². The lowest BCUT2D eigenvalue weighted by molar-refractivity contribution is -0.119. The van der Waals surface area contributed by atoms with Crippen LogP contribution in [0.15, 0.2) is 82.2 Å². The zero-order chi connectivity index (χ0) is 20.1. The van der Waals surface area contributed by atoms with Gasteiger partial charge in [-0.3, -0.25) is 9.59 Å². The van der Waals surface area contributed by atoms with Crippen molar-refractivity contribution in [2.24, 2.45) is 0 Å². The van der Waals surface area contributed by atoms with Crippen LogP contribution < -0.4 is 10.5 Å². The van der Waals surface area contributed by atoms with Gasteiger partial charge in [-0.2, -0.15) is 0 Å². The SMILES string of the molecule is O=C(O)c1cccn(CC(=O)N(Cc2ccccc2)c2ccc(Br)cc2)c1=O. The summed E-state index contributed by atoms with van der Waals surface area (Å²) >= 11 is 3.38. The topological polar surface area (TPSA) is 79.6 Å². The summed E-state index contributed by atoms with van der Waals surface area (Å²) in [7, 11) is 0. The van der Waals surface area contributed by atoms with Crippen LogP contribution >= 0.6 is 15.9 Å². The van der Waals surface area contributed by atoms with Gasteiger partial charge >= 0.3 is 5.97 Å². The van der Waals surface area contributed by atoms with Gasteiger partial charge in [-0.25, -0.2) is 4.79 Å². The Kier molecular flexibility index (Phi) is 6.06. The smallest absolute Gasteiger partial charge is 0.341 e. The molecule has 3 rings (SSSR count). The minimum Gasteiger partial charge on any atom is -0.477 e. The fraction of sp³-hybridized carbons (Fsp3) is 0.0952. The van der Waals surface area contributed by atoms with E-state index < -0.39 is 11.5 Å². The van der Waals surface area contributed by atoms with Crippen molar-refractivity contribution in [3.63, 3.8) is 0 Å². The van der Waals surface area contributed by atoms with Crippen LogP contribution in [-0.2, 0) is 17.9 Å². The lowest BCUT2D eigenvalue weighted by Crippen LogP contribution is -2.37. The van der Waals surface area contributed by atoms with Gasteiger partial charge in [0, 0.05) is 16.4 Å². The predicted octanol–water partition coefficient (Wildman–Crippen LogP) is 3.54. The molecule has 0 saturated carbocycles. The number of amides is 1. The molecular formula is C21H17BrN2O4. The summed E-state index contributed by atoms with van der Waals surface area (Å²) in [6.07, 6.45) is 1.41. The van der Waals surface area contributed by atoms with Gasteiger partial charge < -0.3 is 14.6 Å². The molecule has 0 aliphatic heterocycles. The number of nitrogens with zero attached hydrogens (tertiary/aromatic N) is 2. The monoisotopic (exact) mass is 440 g/mol. The summed E-state index contributed by atoms with van der Waals surface area (Å²) in [5, 5.41) is 9.12. The van der Waals surface area contributed by atoms with Crippen molar-refractivity contribution >= 4 is 33.5 Å². The molecule has 0 radical (unpaired) electrons. The summed E-state index contributed by atoms with van der Waals surface area (Å²) in [4.78, 5) is 38.1. The highest BCUT2D eigenvalue weighted by atomic mass is 79.9. The van der Waals surface area contributed by atoms with Crippen molar-refractivity contribution in [3.8, 4) is 0 Å². The van der Waals surface area contributed by atoms with Crippen LogP contribution in [-0.4, -0.2) is 21.6 Å². The molecule has 0 atom stereocenters. The summed E-state index contributed by atoms with van der Waals surface area (Å²) < 4.78 is 2.00. The Balaban J connectivity index is 1.93. The third-order valence-corrected chi connectivity index (χ3v) is 4.71. The largest absolute Gasteiger partial charge is 0.477 e. The van der Waals surface area contributed by atoms with E-state index in [4.69, 9.17) is 5.11 Å². The van der Waals surface area contributed by atoms with E-state index in [9.17, 15) is 14.4 Å². The average molecular weight is 441 g/mol. The van der Waals surface area contributed by atoms with Crippen molar-refractivity contribution in [2.45, 2.75) is 13.1 Å². The molecule has 28 heavy (non-hydrogen) atoms. The third-order valence-electron chi connectivity index (χ3n) is 4.18. The molecule has 2 aromatic carbocycles. The van der Waals surface area contributed by atoms with Crippen LogP contribution in [0, 0.1) is 0 Å². The quantitative estimate of drug-likeness (QED) is 0.635. The maximum absolute atomic E-state index is 13.0. The number of hydrogen-bond acceptors (Lipinski definition) is 3. The number of hydrogen-bond donors (Lipinski definition) is 1. The Bertz CT molecular complexity index is 1050. The summed E-state index contributed by atoms with van der Waals surface area (Å²) in [5.74, 6) is -1.64. The third kappa shape index (κ3) is 4.55. The number of carbonyl (C=O) groups is 2. The van der Waals surface area contributed by atoms with Crippen molar-refractivity contribution in [3.05, 3.63) is 98.9 Å². The zero-order valence-electron chi connectivity index (χ0n) is 14.8. The molecule has 3 aromatic rings. The second-order valence-corrected chi connectivity index (χ2v) is 7.02. The molecule has 0 saturated heterocycles. The number of carbonyl (C=O) groups excluding carboxylic acids is 1. The van der Waals surface area contributed by atoms with E-state index >= 15 is 0 Å². The first kappa shape index (κ1) is 19.6. The number of pyridine rings is 1. The van der Waals surface area contributed by atoms with Crippen LogP contribution in [0.25, 0.3) is 0 Å². The highest BCUT2D eigenvalue weighted by Crippen LogP contribution is 2.21. The van der Waals surface area contributed by atoms with Gasteiger partial charge in [-0.1, -0.05) is 46.3 Å². The Hall–Kier alpha value is -3.19. The van der Waals surface area contributed by atoms with Crippen molar-refractivity contribution in [2.75, 3.05) is 4.90 Å². The molecule has 7 heteroatoms. The lowest BCUT2D eigenvalue weighted by atomic mass is 10.2. The van der Waals surface area contributed by atoms with E-state index in [0.717, 1.165) is 14.6 Å². The molecule has 142 valence electrons. The molecule has 0 bridgehead atoms. The minimum atomic E-state index is -1.32. The van der Waals surface area contributed by atoms with Gasteiger partial charge in [0.2, 0.25) is 5.91 Å². The number of anilines is 1. The number of carboxylic acids is 1. The number of aromatic nitrogens is 1. The second kappa shape index (κ2) is 8.67. The predicted molar refractivity (Wildman–Crippen MR) is 109 cm³/mol.